The van der Waals surface area contributed by atoms with Crippen molar-refractivity contribution in [2.45, 2.75) is 13.0 Å². The molecule has 2 aromatic rings. The number of benzene rings is 2. The van der Waals surface area contributed by atoms with E-state index in [9.17, 15) is 19.7 Å². The molecule has 0 unspecified atom stereocenters. The van der Waals surface area contributed by atoms with E-state index < -0.39 is 23.4 Å². The van der Waals surface area contributed by atoms with E-state index in [0.29, 0.717) is 10.7 Å². The molecular weight excluding hydrogens is 386 g/mol. The predicted octanol–water partition coefficient (Wildman–Crippen LogP) is 3.35. The van der Waals surface area contributed by atoms with Gasteiger partial charge in [-0.1, -0.05) is 23.7 Å². The van der Waals surface area contributed by atoms with Gasteiger partial charge in [-0.05, 0) is 30.7 Å². The Balaban J connectivity index is 2.02. The number of hydrogen-bond acceptors (Lipinski definition) is 6. The van der Waals surface area contributed by atoms with Gasteiger partial charge in [0, 0.05) is 31.3 Å². The summed E-state index contributed by atoms with van der Waals surface area (Å²) in [5, 5.41) is 14.3. The Labute approximate surface area is 167 Å². The molecule has 1 amide bonds. The molecule has 0 saturated carbocycles. The van der Waals surface area contributed by atoms with Crippen LogP contribution in [0.3, 0.4) is 0 Å². The van der Waals surface area contributed by atoms with Crippen molar-refractivity contribution in [3.63, 3.8) is 0 Å². The van der Waals surface area contributed by atoms with Crippen LogP contribution in [-0.4, -0.2) is 37.5 Å². The fraction of sp³-hybridized carbons (Fsp3) is 0.263. The van der Waals surface area contributed by atoms with E-state index >= 15 is 0 Å². The summed E-state index contributed by atoms with van der Waals surface area (Å²) in [7, 11) is 3.39. The van der Waals surface area contributed by atoms with Gasteiger partial charge in [-0.25, -0.2) is 4.79 Å². The van der Waals surface area contributed by atoms with Crippen LogP contribution in [0.4, 0.5) is 11.4 Å². The smallest absolute Gasteiger partial charge is 0.341 e. The Bertz CT molecular complexity index is 884. The average Bonchev–Trinajstić information content (AvgIpc) is 2.65. The summed E-state index contributed by atoms with van der Waals surface area (Å²) in [5.74, 6) is -1.31. The Hall–Kier alpha value is -3.13. The molecule has 0 aliphatic heterocycles. The number of amides is 1. The number of non-ortho nitro benzene ring substituents is 1. The maximum Gasteiger partial charge on any atom is 0.341 e. The summed E-state index contributed by atoms with van der Waals surface area (Å²) in [6.07, 6.45) is 0. The van der Waals surface area contributed by atoms with E-state index in [-0.39, 0.29) is 17.3 Å². The molecule has 0 fully saturated rings. The quantitative estimate of drug-likeness (QED) is 0.430. The van der Waals surface area contributed by atoms with Gasteiger partial charge in [0.05, 0.1) is 22.2 Å². The number of carbonyl (C=O) groups excluding carboxylic acids is 2. The lowest BCUT2D eigenvalue weighted by molar-refractivity contribution is -0.384. The first-order valence-electron chi connectivity index (χ1n) is 8.36. The van der Waals surface area contributed by atoms with Gasteiger partial charge in [-0.2, -0.15) is 0 Å². The molecule has 8 nitrogen and oxygen atoms in total. The second-order valence-corrected chi connectivity index (χ2v) is 6.71. The highest BCUT2D eigenvalue weighted by atomic mass is 35.5. The number of carbonyl (C=O) groups is 2. The van der Waals surface area contributed by atoms with E-state index in [0.717, 1.165) is 11.6 Å². The second kappa shape index (κ2) is 9.18. The van der Waals surface area contributed by atoms with Crippen molar-refractivity contribution in [3.8, 4) is 0 Å². The number of anilines is 1. The predicted molar refractivity (Wildman–Crippen MR) is 106 cm³/mol. The standard InChI is InChI=1S/C19H20ClN3O5/c1-12(13-4-6-14(20)7-5-13)21-18(24)11-28-19(25)16-10-15(23(26)27)8-9-17(16)22(2)3/h4-10,12H,11H2,1-3H3,(H,21,24)/t12-/m0/s1. The zero-order valence-electron chi connectivity index (χ0n) is 15.6. The molecule has 0 aliphatic rings. The van der Waals surface area contributed by atoms with Crippen molar-refractivity contribution in [2.75, 3.05) is 25.6 Å². The highest BCUT2D eigenvalue weighted by Crippen LogP contribution is 2.25. The van der Waals surface area contributed by atoms with Crippen LogP contribution in [-0.2, 0) is 9.53 Å². The number of nitrogens with zero attached hydrogens (tertiary/aromatic N) is 2. The second-order valence-electron chi connectivity index (χ2n) is 6.27. The molecule has 0 aliphatic carbocycles. The van der Waals surface area contributed by atoms with Gasteiger partial charge >= 0.3 is 5.97 Å². The number of hydrogen-bond donors (Lipinski definition) is 1. The van der Waals surface area contributed by atoms with Gasteiger partial charge in [-0.15, -0.1) is 0 Å². The third-order valence-corrected chi connectivity index (χ3v) is 4.23. The van der Waals surface area contributed by atoms with E-state index in [1.807, 2.05) is 0 Å². The summed E-state index contributed by atoms with van der Waals surface area (Å²) in [5.41, 5.74) is 1.07. The molecule has 0 spiro atoms. The van der Waals surface area contributed by atoms with Gasteiger partial charge in [0.15, 0.2) is 6.61 Å². The maximum atomic E-state index is 12.4. The van der Waals surface area contributed by atoms with E-state index in [1.54, 1.807) is 50.2 Å². The number of nitrogens with one attached hydrogen (secondary N) is 1. The van der Waals surface area contributed by atoms with Crippen molar-refractivity contribution < 1.29 is 19.2 Å². The van der Waals surface area contributed by atoms with E-state index in [1.165, 1.54) is 12.1 Å². The molecule has 2 rings (SSSR count). The molecule has 0 aromatic heterocycles. The highest BCUT2D eigenvalue weighted by molar-refractivity contribution is 6.30. The third kappa shape index (κ3) is 5.43. The SMILES string of the molecule is C[C@H](NC(=O)COC(=O)c1cc([N+](=O)[O-])ccc1N(C)C)c1ccc(Cl)cc1. The Morgan fingerprint density at radius 1 is 1.21 bits per heavy atom. The first-order chi connectivity index (χ1) is 13.2. The summed E-state index contributed by atoms with van der Waals surface area (Å²) in [6.45, 7) is 1.28. The minimum absolute atomic E-state index is 0.0118. The minimum Gasteiger partial charge on any atom is -0.452 e. The molecule has 2 aromatic carbocycles. The third-order valence-electron chi connectivity index (χ3n) is 3.97. The summed E-state index contributed by atoms with van der Waals surface area (Å²) < 4.78 is 5.05. The molecule has 0 bridgehead atoms. The van der Waals surface area contributed by atoms with Crippen LogP contribution >= 0.6 is 11.6 Å². The Morgan fingerprint density at radius 3 is 2.43 bits per heavy atom. The zero-order valence-corrected chi connectivity index (χ0v) is 16.4. The van der Waals surface area contributed by atoms with Crippen molar-refractivity contribution in [1.29, 1.82) is 0 Å². The van der Waals surface area contributed by atoms with Crippen molar-refractivity contribution in [3.05, 3.63) is 68.7 Å². The maximum absolute atomic E-state index is 12.4. The number of esters is 1. The number of halogens is 1. The zero-order chi connectivity index (χ0) is 20.8. The van der Waals surface area contributed by atoms with E-state index in [4.69, 9.17) is 16.3 Å². The van der Waals surface area contributed by atoms with Crippen LogP contribution in [0.2, 0.25) is 5.02 Å². The number of rotatable bonds is 7. The van der Waals surface area contributed by atoms with Crippen molar-refractivity contribution >= 4 is 34.9 Å². The number of nitro groups is 1. The monoisotopic (exact) mass is 405 g/mol. The van der Waals surface area contributed by atoms with Gasteiger partial charge in [0.1, 0.15) is 0 Å². The molecule has 0 heterocycles. The molecule has 1 atom stereocenters. The van der Waals surface area contributed by atoms with Crippen LogP contribution in [0.25, 0.3) is 0 Å². The molecular formula is C19H20ClN3O5. The first kappa shape index (κ1) is 21.2. The fourth-order valence-corrected chi connectivity index (χ4v) is 2.64. The normalized spacial score (nSPS) is 11.4. The summed E-state index contributed by atoms with van der Waals surface area (Å²) in [4.78, 5) is 36.5. The molecule has 1 N–H and O–H groups in total. The fourth-order valence-electron chi connectivity index (χ4n) is 2.52. The lowest BCUT2D eigenvalue weighted by atomic mass is 10.1. The Morgan fingerprint density at radius 2 is 1.86 bits per heavy atom. The lowest BCUT2D eigenvalue weighted by Gasteiger charge is -2.17. The van der Waals surface area contributed by atoms with Crippen LogP contribution in [0, 0.1) is 10.1 Å². The molecule has 28 heavy (non-hydrogen) atoms. The number of nitro benzene ring substituents is 1. The van der Waals surface area contributed by atoms with Crippen LogP contribution in [0.1, 0.15) is 28.9 Å². The van der Waals surface area contributed by atoms with Crippen LogP contribution in [0.15, 0.2) is 42.5 Å². The highest BCUT2D eigenvalue weighted by Gasteiger charge is 2.20. The van der Waals surface area contributed by atoms with Crippen LogP contribution in [0.5, 0.6) is 0 Å². The number of ether oxygens (including phenoxy) is 1. The molecule has 148 valence electrons. The Kier molecular flexibility index (Phi) is 6.94. The van der Waals surface area contributed by atoms with Crippen molar-refractivity contribution in [1.82, 2.24) is 5.32 Å². The molecule has 9 heteroatoms. The van der Waals surface area contributed by atoms with Crippen molar-refractivity contribution in [2.24, 2.45) is 0 Å². The van der Waals surface area contributed by atoms with Gasteiger partial charge in [-0.3, -0.25) is 14.9 Å². The topological polar surface area (TPSA) is 102 Å². The molecule has 0 radical (unpaired) electrons. The largest absolute Gasteiger partial charge is 0.452 e. The minimum atomic E-state index is -0.818. The van der Waals surface area contributed by atoms with Gasteiger partial charge in [0.2, 0.25) is 0 Å². The average molecular weight is 406 g/mol. The van der Waals surface area contributed by atoms with Gasteiger partial charge in [0.25, 0.3) is 11.6 Å². The molecule has 0 saturated heterocycles. The van der Waals surface area contributed by atoms with Crippen LogP contribution < -0.4 is 10.2 Å². The summed E-state index contributed by atoms with van der Waals surface area (Å²) in [6, 6.07) is 10.6. The van der Waals surface area contributed by atoms with Gasteiger partial charge < -0.3 is 15.0 Å². The van der Waals surface area contributed by atoms with E-state index in [2.05, 4.69) is 5.32 Å². The first-order valence-corrected chi connectivity index (χ1v) is 8.74. The lowest BCUT2D eigenvalue weighted by Crippen LogP contribution is -2.31. The summed E-state index contributed by atoms with van der Waals surface area (Å²) >= 11 is 5.84.